The molecule has 4 atom stereocenters. The van der Waals surface area contributed by atoms with E-state index in [0.717, 1.165) is 57.2 Å². The van der Waals surface area contributed by atoms with Crippen molar-refractivity contribution in [1.82, 2.24) is 9.80 Å². The number of piperidine rings is 1. The predicted molar refractivity (Wildman–Crippen MR) is 169 cm³/mol. The summed E-state index contributed by atoms with van der Waals surface area (Å²) in [6.07, 6.45) is 6.48. The van der Waals surface area contributed by atoms with E-state index in [0.29, 0.717) is 31.1 Å². The summed E-state index contributed by atoms with van der Waals surface area (Å²) >= 11 is 0. The predicted octanol–water partition coefficient (Wildman–Crippen LogP) is 6.18. The van der Waals surface area contributed by atoms with Crippen molar-refractivity contribution in [2.75, 3.05) is 26.7 Å². The molecule has 1 aliphatic carbocycles. The first-order chi connectivity index (χ1) is 20.6. The number of benzene rings is 2. The number of aryl methyl sites for hydroxylation is 1. The molecule has 2 aromatic carbocycles. The minimum atomic E-state index is -0.355. The van der Waals surface area contributed by atoms with Gasteiger partial charge >= 0.3 is 11.9 Å². The molecule has 1 saturated carbocycles. The van der Waals surface area contributed by atoms with E-state index >= 15 is 0 Å². The summed E-state index contributed by atoms with van der Waals surface area (Å²) in [4.78, 5) is 42.5. The van der Waals surface area contributed by atoms with E-state index < -0.39 is 0 Å². The molecule has 1 aliphatic heterocycles. The molecule has 1 heterocycles. The van der Waals surface area contributed by atoms with Crippen molar-refractivity contribution in [2.24, 2.45) is 11.8 Å². The van der Waals surface area contributed by atoms with Gasteiger partial charge in [0.15, 0.2) is 0 Å². The van der Waals surface area contributed by atoms with Crippen molar-refractivity contribution in [3.8, 4) is 5.75 Å². The van der Waals surface area contributed by atoms with Crippen molar-refractivity contribution in [3.63, 3.8) is 0 Å². The van der Waals surface area contributed by atoms with Gasteiger partial charge in [0.05, 0.1) is 0 Å². The first-order valence-corrected chi connectivity index (χ1v) is 16.1. The molecule has 4 rings (SSSR count). The molecule has 0 aromatic heterocycles. The molecule has 1 saturated heterocycles. The number of unbranched alkanes of at least 4 members (excludes halogenated alkanes) is 2. The second kappa shape index (κ2) is 15.0. The van der Waals surface area contributed by atoms with Crippen LogP contribution in [0.4, 0.5) is 0 Å². The third-order valence-corrected chi connectivity index (χ3v) is 9.22. The molecular weight excluding hydrogens is 540 g/mol. The van der Waals surface area contributed by atoms with Gasteiger partial charge in [-0.25, -0.2) is 0 Å². The third kappa shape index (κ3) is 8.69. The molecule has 7 nitrogen and oxygen atoms in total. The van der Waals surface area contributed by atoms with Crippen molar-refractivity contribution in [3.05, 3.63) is 65.7 Å². The van der Waals surface area contributed by atoms with Crippen molar-refractivity contribution in [2.45, 2.75) is 96.6 Å². The fraction of sp³-hybridized carbons (Fsp3) is 0.583. The Balaban J connectivity index is 1.59. The van der Waals surface area contributed by atoms with Crippen LogP contribution in [0.5, 0.6) is 5.75 Å². The summed E-state index contributed by atoms with van der Waals surface area (Å²) < 4.78 is 11.6. The van der Waals surface area contributed by atoms with Gasteiger partial charge in [-0.3, -0.25) is 14.4 Å². The van der Waals surface area contributed by atoms with Gasteiger partial charge in [-0.2, -0.15) is 0 Å². The monoisotopic (exact) mass is 590 g/mol. The summed E-state index contributed by atoms with van der Waals surface area (Å²) in [6, 6.07) is 18.3. The Morgan fingerprint density at radius 3 is 2.47 bits per heavy atom. The van der Waals surface area contributed by atoms with Gasteiger partial charge in [-0.05, 0) is 74.9 Å². The summed E-state index contributed by atoms with van der Waals surface area (Å²) in [5.41, 5.74) is 2.10. The maximum absolute atomic E-state index is 13.9. The van der Waals surface area contributed by atoms with E-state index in [-0.39, 0.29) is 41.3 Å². The smallest absolute Gasteiger partial charge is 0.308 e. The number of hydrogen-bond acceptors (Lipinski definition) is 6. The molecular formula is C36H50N2O5. The maximum Gasteiger partial charge on any atom is 0.308 e. The van der Waals surface area contributed by atoms with Gasteiger partial charge in [0.2, 0.25) is 5.91 Å². The van der Waals surface area contributed by atoms with Crippen LogP contribution >= 0.6 is 0 Å². The number of likely N-dealkylation sites (tertiary alicyclic amines) is 1. The van der Waals surface area contributed by atoms with E-state index in [4.69, 9.17) is 9.47 Å². The molecule has 2 aliphatic rings. The van der Waals surface area contributed by atoms with Crippen molar-refractivity contribution >= 4 is 17.8 Å². The first-order valence-electron chi connectivity index (χ1n) is 16.1. The quantitative estimate of drug-likeness (QED) is 0.167. The van der Waals surface area contributed by atoms with Gasteiger partial charge < -0.3 is 19.3 Å². The molecule has 7 heteroatoms. The zero-order valence-electron chi connectivity index (χ0n) is 26.7. The third-order valence-electron chi connectivity index (χ3n) is 9.22. The van der Waals surface area contributed by atoms with Crippen LogP contribution in [0.25, 0.3) is 0 Å². The van der Waals surface area contributed by atoms with E-state index in [9.17, 15) is 14.4 Å². The topological polar surface area (TPSA) is 76.2 Å². The van der Waals surface area contributed by atoms with Gasteiger partial charge in [0.25, 0.3) is 0 Å². The average molecular weight is 591 g/mol. The highest BCUT2D eigenvalue weighted by molar-refractivity contribution is 5.76. The molecule has 2 fully saturated rings. The molecule has 234 valence electrons. The highest BCUT2D eigenvalue weighted by Crippen LogP contribution is 2.51. The van der Waals surface area contributed by atoms with Crippen LogP contribution in [-0.2, 0) is 31.0 Å². The Kier molecular flexibility index (Phi) is 11.4. The number of rotatable bonds is 12. The van der Waals surface area contributed by atoms with Gasteiger partial charge in [-0.1, -0.05) is 62.7 Å². The summed E-state index contributed by atoms with van der Waals surface area (Å²) in [7, 11) is 2.11. The zero-order chi connectivity index (χ0) is 31.0. The van der Waals surface area contributed by atoms with Crippen LogP contribution < -0.4 is 4.74 Å². The minimum Gasteiger partial charge on any atom is -0.462 e. The van der Waals surface area contributed by atoms with E-state index in [1.807, 2.05) is 24.3 Å². The number of carbonyl (C=O) groups excluding carboxylic acids is 3. The fourth-order valence-electron chi connectivity index (χ4n) is 7.35. The molecule has 2 aromatic rings. The van der Waals surface area contributed by atoms with Crippen LogP contribution in [-0.4, -0.2) is 66.5 Å². The summed E-state index contributed by atoms with van der Waals surface area (Å²) in [5.74, 6) is 0.442. The molecule has 0 radical (unpaired) electrons. The highest BCUT2D eigenvalue weighted by Gasteiger charge is 2.54. The maximum atomic E-state index is 13.9. The highest BCUT2D eigenvalue weighted by atomic mass is 16.5. The largest absolute Gasteiger partial charge is 0.462 e. The Morgan fingerprint density at radius 2 is 1.77 bits per heavy atom. The normalized spacial score (nSPS) is 23.8. The van der Waals surface area contributed by atoms with Crippen molar-refractivity contribution in [1.29, 1.82) is 0 Å². The lowest BCUT2D eigenvalue weighted by Gasteiger charge is -2.56. The van der Waals surface area contributed by atoms with Crippen LogP contribution in [0, 0.1) is 11.8 Å². The Hall–Kier alpha value is -3.19. The van der Waals surface area contributed by atoms with Gasteiger partial charge in [-0.15, -0.1) is 0 Å². The summed E-state index contributed by atoms with van der Waals surface area (Å²) in [6.45, 7) is 9.57. The van der Waals surface area contributed by atoms with Gasteiger partial charge in [0, 0.05) is 57.2 Å². The van der Waals surface area contributed by atoms with Crippen LogP contribution in [0.3, 0.4) is 0 Å². The average Bonchev–Trinajstić information content (AvgIpc) is 2.96. The van der Waals surface area contributed by atoms with E-state index in [1.54, 1.807) is 0 Å². The zero-order valence-corrected chi connectivity index (χ0v) is 26.7. The Morgan fingerprint density at radius 1 is 1.00 bits per heavy atom. The number of hydrogen-bond donors (Lipinski definition) is 0. The number of fused-ring (bicyclic) bond motifs is 1. The lowest BCUT2D eigenvalue weighted by Crippen LogP contribution is -2.62. The lowest BCUT2D eigenvalue weighted by molar-refractivity contribution is -0.161. The summed E-state index contributed by atoms with van der Waals surface area (Å²) in [5, 5.41) is 0. The van der Waals surface area contributed by atoms with Gasteiger partial charge in [0.1, 0.15) is 11.9 Å². The molecule has 1 amide bonds. The van der Waals surface area contributed by atoms with Crippen LogP contribution in [0.2, 0.25) is 0 Å². The number of esters is 2. The number of carbonyl (C=O) groups is 3. The molecule has 0 N–H and O–H groups in total. The fourth-order valence-corrected chi connectivity index (χ4v) is 7.35. The van der Waals surface area contributed by atoms with Crippen LogP contribution in [0.15, 0.2) is 54.6 Å². The molecule has 0 spiro atoms. The van der Waals surface area contributed by atoms with E-state index in [1.165, 1.54) is 19.4 Å². The minimum absolute atomic E-state index is 0.0550. The standard InChI is InChI=1S/C36H50N2O5/c1-26(2)24-38(35(41)18-11-7-10-15-29-13-8-6-9-14-29)31-22-34(43-28(4)40)33-25-37(5)20-19-36(33,23-31)30-16-12-17-32(21-30)42-27(3)39/h6,8-9,12-14,16-17,21,26,31,33-34H,7,10-11,15,18-20,22-25H2,1-5H3. The second-order valence-corrected chi connectivity index (χ2v) is 13.1. The first kappa shape index (κ1) is 32.7. The molecule has 0 bridgehead atoms. The number of amides is 1. The lowest BCUT2D eigenvalue weighted by atomic mass is 9.56. The van der Waals surface area contributed by atoms with Crippen LogP contribution in [0.1, 0.15) is 83.8 Å². The van der Waals surface area contributed by atoms with E-state index in [2.05, 4.69) is 61.0 Å². The molecule has 4 unspecified atom stereocenters. The van der Waals surface area contributed by atoms with Crippen molar-refractivity contribution < 1.29 is 23.9 Å². The SMILES string of the molecule is CC(=O)Oc1cccc(C23CCN(C)CC2C(OC(C)=O)CC(N(CC(C)C)C(=O)CCCCCc2ccccc2)C3)c1. The number of ether oxygens (including phenoxy) is 2. The Bertz CT molecular complexity index is 1230. The second-order valence-electron chi connectivity index (χ2n) is 13.1. The Labute approximate surface area is 257 Å². The molecule has 43 heavy (non-hydrogen) atoms. The number of nitrogens with zero attached hydrogens (tertiary/aromatic N) is 2.